The van der Waals surface area contributed by atoms with Crippen LogP contribution in [0.5, 0.6) is 0 Å². The van der Waals surface area contributed by atoms with E-state index in [1.54, 1.807) is 0 Å². The molecule has 0 aromatic carbocycles. The van der Waals surface area contributed by atoms with Gasteiger partial charge < -0.3 is 5.32 Å². The summed E-state index contributed by atoms with van der Waals surface area (Å²) in [5.41, 5.74) is 0. The number of nitrogens with one attached hydrogen (secondary N) is 2. The minimum absolute atomic E-state index is 0.233. The second-order valence-corrected chi connectivity index (χ2v) is 7.32. The van der Waals surface area contributed by atoms with Crippen LogP contribution in [0.2, 0.25) is 0 Å². The van der Waals surface area contributed by atoms with Gasteiger partial charge in [0, 0.05) is 6.54 Å². The molecule has 0 rings (SSSR count). The molecule has 20 heavy (non-hydrogen) atoms. The molecule has 0 saturated heterocycles. The lowest BCUT2D eigenvalue weighted by atomic mass is 10.1. The van der Waals surface area contributed by atoms with Crippen molar-refractivity contribution in [1.82, 2.24) is 10.0 Å². The molecule has 0 unspecified atom stereocenters. The highest BCUT2D eigenvalue weighted by atomic mass is 32.2. The van der Waals surface area contributed by atoms with E-state index >= 15 is 0 Å². The molecule has 0 aromatic heterocycles. The third-order valence-electron chi connectivity index (χ3n) is 3.37. The Morgan fingerprint density at radius 1 is 0.750 bits per heavy atom. The molecule has 0 atom stereocenters. The number of sulfonamides is 1. The average molecular weight is 307 g/mol. The van der Waals surface area contributed by atoms with Crippen molar-refractivity contribution in [2.45, 2.75) is 71.6 Å². The zero-order chi connectivity index (χ0) is 15.1. The van der Waals surface area contributed by atoms with Crippen molar-refractivity contribution in [1.29, 1.82) is 0 Å². The van der Waals surface area contributed by atoms with E-state index in [0.717, 1.165) is 25.9 Å². The Balaban J connectivity index is 3.35. The minimum atomic E-state index is -3.06. The molecular weight excluding hydrogens is 272 g/mol. The lowest BCUT2D eigenvalue weighted by Gasteiger charge is -2.07. The summed E-state index contributed by atoms with van der Waals surface area (Å²) in [5, 5.41) is 3.13. The fourth-order valence-electron chi connectivity index (χ4n) is 2.12. The molecule has 0 saturated carbocycles. The summed E-state index contributed by atoms with van der Waals surface area (Å²) in [6.07, 6.45) is 10.6. The van der Waals surface area contributed by atoms with Crippen molar-refractivity contribution in [3.63, 3.8) is 0 Å². The summed E-state index contributed by atoms with van der Waals surface area (Å²) < 4.78 is 26.0. The molecule has 0 spiro atoms. The molecule has 0 aliphatic carbocycles. The van der Waals surface area contributed by atoms with E-state index in [1.165, 1.54) is 38.5 Å². The number of hydrogen-bond acceptors (Lipinski definition) is 3. The zero-order valence-corrected chi connectivity index (χ0v) is 14.2. The van der Waals surface area contributed by atoms with Gasteiger partial charge in [-0.3, -0.25) is 0 Å². The van der Waals surface area contributed by atoms with Gasteiger partial charge in [0.2, 0.25) is 10.0 Å². The van der Waals surface area contributed by atoms with E-state index in [2.05, 4.69) is 17.0 Å². The molecule has 0 amide bonds. The maximum atomic E-state index is 11.7. The summed E-state index contributed by atoms with van der Waals surface area (Å²) in [4.78, 5) is 0. The molecular formula is C15H34N2O2S. The molecule has 0 aromatic rings. The summed E-state index contributed by atoms with van der Waals surface area (Å²) >= 11 is 0. The SMILES string of the molecule is CCCCCCCCCCNS(=O)(=O)CCCNCC. The topological polar surface area (TPSA) is 58.2 Å². The Kier molecular flexibility index (Phi) is 13.7. The van der Waals surface area contributed by atoms with Crippen LogP contribution >= 0.6 is 0 Å². The summed E-state index contributed by atoms with van der Waals surface area (Å²) in [7, 11) is -3.06. The van der Waals surface area contributed by atoms with Crippen molar-refractivity contribution in [3.8, 4) is 0 Å². The first-order valence-corrected chi connectivity index (χ1v) is 9.95. The minimum Gasteiger partial charge on any atom is -0.317 e. The first-order chi connectivity index (χ1) is 9.62. The van der Waals surface area contributed by atoms with Gasteiger partial charge in [-0.25, -0.2) is 13.1 Å². The average Bonchev–Trinajstić information content (AvgIpc) is 2.42. The van der Waals surface area contributed by atoms with Crippen molar-refractivity contribution in [3.05, 3.63) is 0 Å². The normalized spacial score (nSPS) is 11.9. The number of hydrogen-bond donors (Lipinski definition) is 2. The molecule has 0 heterocycles. The zero-order valence-electron chi connectivity index (χ0n) is 13.4. The molecule has 0 aliphatic heterocycles. The van der Waals surface area contributed by atoms with E-state index in [0.29, 0.717) is 13.0 Å². The highest BCUT2D eigenvalue weighted by Crippen LogP contribution is 2.08. The third-order valence-corrected chi connectivity index (χ3v) is 4.84. The van der Waals surface area contributed by atoms with E-state index in [-0.39, 0.29) is 5.75 Å². The lowest BCUT2D eigenvalue weighted by Crippen LogP contribution is -2.29. The van der Waals surface area contributed by atoms with Crippen LogP contribution in [0.15, 0.2) is 0 Å². The predicted molar refractivity (Wildman–Crippen MR) is 87.6 cm³/mol. The Bertz CT molecular complexity index is 292. The highest BCUT2D eigenvalue weighted by molar-refractivity contribution is 7.89. The smallest absolute Gasteiger partial charge is 0.211 e. The van der Waals surface area contributed by atoms with Crippen LogP contribution in [0.3, 0.4) is 0 Å². The summed E-state index contributed by atoms with van der Waals surface area (Å²) in [5.74, 6) is 0.233. The standard InChI is InChI=1S/C15H34N2O2S/c1-3-5-6-7-8-9-10-11-14-17-20(18,19)15-12-13-16-4-2/h16-17H,3-15H2,1-2H3. The first-order valence-electron chi connectivity index (χ1n) is 8.30. The quantitative estimate of drug-likeness (QED) is 0.457. The Morgan fingerprint density at radius 2 is 1.35 bits per heavy atom. The Morgan fingerprint density at radius 3 is 1.95 bits per heavy atom. The lowest BCUT2D eigenvalue weighted by molar-refractivity contribution is 0.556. The second kappa shape index (κ2) is 13.8. The molecule has 122 valence electrons. The van der Waals surface area contributed by atoms with Gasteiger partial charge >= 0.3 is 0 Å². The summed E-state index contributed by atoms with van der Waals surface area (Å²) in [6.45, 7) is 6.51. The van der Waals surface area contributed by atoms with Crippen LogP contribution in [0.1, 0.15) is 71.6 Å². The van der Waals surface area contributed by atoms with Crippen LogP contribution in [-0.2, 0) is 10.0 Å². The first kappa shape index (κ1) is 19.9. The van der Waals surface area contributed by atoms with Crippen molar-refractivity contribution >= 4 is 10.0 Å². The molecule has 0 radical (unpaired) electrons. The molecule has 0 bridgehead atoms. The van der Waals surface area contributed by atoms with Crippen LogP contribution in [0.25, 0.3) is 0 Å². The van der Waals surface area contributed by atoms with Gasteiger partial charge in [0.15, 0.2) is 0 Å². The number of rotatable bonds is 15. The van der Waals surface area contributed by atoms with Gasteiger partial charge in [-0.1, -0.05) is 58.8 Å². The van der Waals surface area contributed by atoms with Gasteiger partial charge in [-0.2, -0.15) is 0 Å². The van der Waals surface area contributed by atoms with Gasteiger partial charge in [-0.05, 0) is 25.9 Å². The highest BCUT2D eigenvalue weighted by Gasteiger charge is 2.08. The Labute approximate surface area is 126 Å². The van der Waals surface area contributed by atoms with Crippen LogP contribution < -0.4 is 10.0 Å². The van der Waals surface area contributed by atoms with Gasteiger partial charge in [0.1, 0.15) is 0 Å². The molecule has 0 fully saturated rings. The van der Waals surface area contributed by atoms with E-state index in [1.807, 2.05) is 6.92 Å². The van der Waals surface area contributed by atoms with E-state index in [4.69, 9.17) is 0 Å². The van der Waals surface area contributed by atoms with Crippen molar-refractivity contribution < 1.29 is 8.42 Å². The molecule has 0 aliphatic rings. The van der Waals surface area contributed by atoms with Crippen LogP contribution in [-0.4, -0.2) is 33.8 Å². The maximum absolute atomic E-state index is 11.7. The fraction of sp³-hybridized carbons (Fsp3) is 1.00. The number of unbranched alkanes of at least 4 members (excludes halogenated alkanes) is 7. The van der Waals surface area contributed by atoms with E-state index in [9.17, 15) is 8.42 Å². The van der Waals surface area contributed by atoms with Crippen LogP contribution in [0.4, 0.5) is 0 Å². The van der Waals surface area contributed by atoms with Crippen molar-refractivity contribution in [2.24, 2.45) is 0 Å². The second-order valence-electron chi connectivity index (χ2n) is 5.40. The van der Waals surface area contributed by atoms with E-state index < -0.39 is 10.0 Å². The van der Waals surface area contributed by atoms with Crippen LogP contribution in [0, 0.1) is 0 Å². The maximum Gasteiger partial charge on any atom is 0.211 e. The monoisotopic (exact) mass is 306 g/mol. The third kappa shape index (κ3) is 14.3. The predicted octanol–water partition coefficient (Wildman–Crippen LogP) is 3.05. The van der Waals surface area contributed by atoms with Gasteiger partial charge in [-0.15, -0.1) is 0 Å². The summed E-state index contributed by atoms with van der Waals surface area (Å²) in [6, 6.07) is 0. The van der Waals surface area contributed by atoms with Gasteiger partial charge in [0.25, 0.3) is 0 Å². The molecule has 2 N–H and O–H groups in total. The largest absolute Gasteiger partial charge is 0.317 e. The van der Waals surface area contributed by atoms with Crippen molar-refractivity contribution in [2.75, 3.05) is 25.4 Å². The Hall–Kier alpha value is -0.130. The van der Waals surface area contributed by atoms with Gasteiger partial charge in [0.05, 0.1) is 5.75 Å². The molecule has 4 nitrogen and oxygen atoms in total. The molecule has 5 heteroatoms. The fourth-order valence-corrected chi connectivity index (χ4v) is 3.25.